The highest BCUT2D eigenvalue weighted by atomic mass is 16.7. The van der Waals surface area contributed by atoms with Gasteiger partial charge in [-0.2, -0.15) is 0 Å². The van der Waals surface area contributed by atoms with Crippen molar-refractivity contribution >= 4 is 23.9 Å². The van der Waals surface area contributed by atoms with Gasteiger partial charge in [0, 0.05) is 5.69 Å². The van der Waals surface area contributed by atoms with Gasteiger partial charge >= 0.3 is 18.2 Å². The molecule has 2 rings (SSSR count). The van der Waals surface area contributed by atoms with Crippen LogP contribution in [0.15, 0.2) is 42.5 Å². The van der Waals surface area contributed by atoms with Crippen LogP contribution in [0.5, 0.6) is 11.5 Å². The number of hydrogen-bond acceptors (Lipinski definition) is 6. The topological polar surface area (TPSA) is 111 Å². The van der Waals surface area contributed by atoms with Crippen LogP contribution in [-0.4, -0.2) is 29.9 Å². The molecule has 0 radical (unpaired) electrons. The molecule has 0 saturated heterocycles. The number of rotatable bonds is 5. The molecule has 0 saturated carbocycles. The Morgan fingerprint density at radius 3 is 2.35 bits per heavy atom. The number of aromatic carboxylic acids is 1. The number of anilines is 1. The molecule has 0 spiro atoms. The van der Waals surface area contributed by atoms with E-state index in [1.807, 2.05) is 6.92 Å². The number of hydrogen-bond donors (Lipinski definition) is 2. The SMILES string of the molecule is CCOC(=O)Oc1ccc(NC(=O)Oc2ccc(C)cc2)cc1C(=O)O. The summed E-state index contributed by atoms with van der Waals surface area (Å²) in [4.78, 5) is 34.6. The van der Waals surface area contributed by atoms with Crippen LogP contribution in [0, 0.1) is 6.92 Å². The lowest BCUT2D eigenvalue weighted by molar-refractivity contribution is 0.0690. The second-order valence-corrected chi connectivity index (χ2v) is 5.13. The van der Waals surface area contributed by atoms with Gasteiger partial charge in [0.15, 0.2) is 0 Å². The van der Waals surface area contributed by atoms with E-state index >= 15 is 0 Å². The summed E-state index contributed by atoms with van der Waals surface area (Å²) in [7, 11) is 0. The van der Waals surface area contributed by atoms with Crippen LogP contribution in [0.2, 0.25) is 0 Å². The minimum Gasteiger partial charge on any atom is -0.478 e. The van der Waals surface area contributed by atoms with Crippen molar-refractivity contribution in [3.63, 3.8) is 0 Å². The molecule has 0 aliphatic rings. The summed E-state index contributed by atoms with van der Waals surface area (Å²) in [5, 5.41) is 11.7. The first kappa shape index (κ1) is 18.8. The van der Waals surface area contributed by atoms with Gasteiger partial charge < -0.3 is 19.3 Å². The number of aryl methyl sites for hydroxylation is 1. The average molecular weight is 359 g/mol. The molecule has 0 unspecified atom stereocenters. The lowest BCUT2D eigenvalue weighted by Gasteiger charge is -2.10. The highest BCUT2D eigenvalue weighted by Gasteiger charge is 2.17. The maximum absolute atomic E-state index is 11.9. The first-order chi connectivity index (χ1) is 12.4. The van der Waals surface area contributed by atoms with Crippen molar-refractivity contribution in [2.45, 2.75) is 13.8 Å². The fraction of sp³-hybridized carbons (Fsp3) is 0.167. The maximum Gasteiger partial charge on any atom is 0.513 e. The molecule has 0 aliphatic heterocycles. The summed E-state index contributed by atoms with van der Waals surface area (Å²) in [6, 6.07) is 10.6. The van der Waals surface area contributed by atoms with Crippen LogP contribution in [0.3, 0.4) is 0 Å². The molecule has 0 aromatic heterocycles. The van der Waals surface area contributed by atoms with Gasteiger partial charge in [0.25, 0.3) is 0 Å². The number of carboxylic acid groups (broad SMARTS) is 1. The number of nitrogens with one attached hydrogen (secondary N) is 1. The number of amides is 1. The largest absolute Gasteiger partial charge is 0.513 e. The molecular weight excluding hydrogens is 342 g/mol. The second kappa shape index (κ2) is 8.52. The molecule has 136 valence electrons. The fourth-order valence-electron chi connectivity index (χ4n) is 1.96. The van der Waals surface area contributed by atoms with Crippen molar-refractivity contribution in [1.29, 1.82) is 0 Å². The lowest BCUT2D eigenvalue weighted by atomic mass is 10.2. The van der Waals surface area contributed by atoms with E-state index in [9.17, 15) is 19.5 Å². The highest BCUT2D eigenvalue weighted by molar-refractivity contribution is 5.95. The summed E-state index contributed by atoms with van der Waals surface area (Å²) < 4.78 is 14.5. The monoisotopic (exact) mass is 359 g/mol. The normalized spacial score (nSPS) is 9.92. The minimum absolute atomic E-state index is 0.0890. The average Bonchev–Trinajstić information content (AvgIpc) is 2.58. The molecule has 0 heterocycles. The van der Waals surface area contributed by atoms with Crippen molar-refractivity contribution in [2.24, 2.45) is 0 Å². The van der Waals surface area contributed by atoms with Gasteiger partial charge in [-0.3, -0.25) is 5.32 Å². The zero-order chi connectivity index (χ0) is 19.1. The highest BCUT2D eigenvalue weighted by Crippen LogP contribution is 2.24. The Morgan fingerprint density at radius 2 is 1.73 bits per heavy atom. The van der Waals surface area contributed by atoms with E-state index in [0.29, 0.717) is 5.75 Å². The van der Waals surface area contributed by atoms with Gasteiger partial charge in [-0.25, -0.2) is 14.4 Å². The third-order valence-corrected chi connectivity index (χ3v) is 3.14. The Kier molecular flexibility index (Phi) is 6.15. The lowest BCUT2D eigenvalue weighted by Crippen LogP contribution is -2.17. The maximum atomic E-state index is 11.9. The van der Waals surface area contributed by atoms with E-state index in [4.69, 9.17) is 9.47 Å². The Labute approximate surface area is 149 Å². The summed E-state index contributed by atoms with van der Waals surface area (Å²) >= 11 is 0. The predicted molar refractivity (Wildman–Crippen MR) is 91.9 cm³/mol. The first-order valence-electron chi connectivity index (χ1n) is 7.66. The van der Waals surface area contributed by atoms with E-state index in [1.165, 1.54) is 12.1 Å². The van der Waals surface area contributed by atoms with Crippen LogP contribution in [0.25, 0.3) is 0 Å². The second-order valence-electron chi connectivity index (χ2n) is 5.13. The third kappa shape index (κ3) is 5.23. The van der Waals surface area contributed by atoms with Crippen molar-refractivity contribution in [3.05, 3.63) is 53.6 Å². The van der Waals surface area contributed by atoms with Crippen LogP contribution >= 0.6 is 0 Å². The van der Waals surface area contributed by atoms with Gasteiger partial charge in [-0.05, 0) is 44.2 Å². The molecule has 2 N–H and O–H groups in total. The number of carboxylic acids is 1. The van der Waals surface area contributed by atoms with Crippen molar-refractivity contribution in [2.75, 3.05) is 11.9 Å². The summed E-state index contributed by atoms with van der Waals surface area (Å²) in [5.41, 5.74) is 0.864. The minimum atomic E-state index is -1.33. The molecular formula is C18H17NO7. The molecule has 0 aliphatic carbocycles. The van der Waals surface area contributed by atoms with Crippen molar-refractivity contribution in [3.8, 4) is 11.5 Å². The number of carbonyl (C=O) groups is 3. The number of benzene rings is 2. The van der Waals surface area contributed by atoms with E-state index < -0.39 is 18.2 Å². The number of carbonyl (C=O) groups excluding carboxylic acids is 2. The predicted octanol–water partition coefficient (Wildman–Crippen LogP) is 3.84. The summed E-state index contributed by atoms with van der Waals surface area (Å²) in [6.07, 6.45) is -1.81. The molecule has 2 aromatic rings. The van der Waals surface area contributed by atoms with Crippen LogP contribution < -0.4 is 14.8 Å². The summed E-state index contributed by atoms with van der Waals surface area (Å²) in [5.74, 6) is -1.19. The van der Waals surface area contributed by atoms with Gasteiger partial charge in [0.05, 0.1) is 6.61 Å². The molecule has 26 heavy (non-hydrogen) atoms. The fourth-order valence-corrected chi connectivity index (χ4v) is 1.96. The van der Waals surface area contributed by atoms with E-state index in [1.54, 1.807) is 31.2 Å². The van der Waals surface area contributed by atoms with E-state index in [-0.39, 0.29) is 23.6 Å². The smallest absolute Gasteiger partial charge is 0.478 e. The molecule has 2 aromatic carbocycles. The zero-order valence-corrected chi connectivity index (χ0v) is 14.1. The van der Waals surface area contributed by atoms with Crippen LogP contribution in [-0.2, 0) is 4.74 Å². The van der Waals surface area contributed by atoms with Crippen molar-refractivity contribution < 1.29 is 33.7 Å². The Balaban J connectivity index is 2.10. The van der Waals surface area contributed by atoms with Gasteiger partial charge in [-0.1, -0.05) is 17.7 Å². The van der Waals surface area contributed by atoms with E-state index in [2.05, 4.69) is 10.1 Å². The van der Waals surface area contributed by atoms with Crippen molar-refractivity contribution in [1.82, 2.24) is 0 Å². The quantitative estimate of drug-likeness (QED) is 0.616. The summed E-state index contributed by atoms with van der Waals surface area (Å²) in [6.45, 7) is 3.58. The van der Waals surface area contributed by atoms with Crippen LogP contribution in [0.1, 0.15) is 22.8 Å². The van der Waals surface area contributed by atoms with Crippen LogP contribution in [0.4, 0.5) is 15.3 Å². The Hall–Kier alpha value is -3.55. The Morgan fingerprint density at radius 1 is 1.04 bits per heavy atom. The van der Waals surface area contributed by atoms with Gasteiger partial charge in [0.2, 0.25) is 0 Å². The van der Waals surface area contributed by atoms with Gasteiger partial charge in [0.1, 0.15) is 17.1 Å². The molecule has 0 bridgehead atoms. The zero-order valence-electron chi connectivity index (χ0n) is 14.1. The third-order valence-electron chi connectivity index (χ3n) is 3.14. The van der Waals surface area contributed by atoms with Gasteiger partial charge in [-0.15, -0.1) is 0 Å². The standard InChI is InChI=1S/C18H17NO7/c1-3-24-18(23)26-15-9-6-12(10-14(15)16(20)21)19-17(22)25-13-7-4-11(2)5-8-13/h4-10H,3H2,1-2H3,(H,19,22)(H,20,21). The molecule has 1 amide bonds. The Bertz CT molecular complexity index is 815. The molecule has 0 fully saturated rings. The number of ether oxygens (including phenoxy) is 3. The molecule has 8 nitrogen and oxygen atoms in total. The molecule has 0 atom stereocenters. The van der Waals surface area contributed by atoms with E-state index in [0.717, 1.165) is 11.6 Å². The molecule has 8 heteroatoms. The first-order valence-corrected chi connectivity index (χ1v) is 7.66.